The van der Waals surface area contributed by atoms with E-state index in [9.17, 15) is 10.1 Å². The molecule has 0 aliphatic carbocycles. The number of nitrogens with zero attached hydrogens (tertiary/aromatic N) is 3. The Morgan fingerprint density at radius 2 is 1.88 bits per heavy atom. The van der Waals surface area contributed by atoms with Gasteiger partial charge in [0, 0.05) is 31.0 Å². The predicted molar refractivity (Wildman–Crippen MR) is 103 cm³/mol. The van der Waals surface area contributed by atoms with Crippen LogP contribution in [0.5, 0.6) is 0 Å². The number of rotatable bonds is 5. The number of anilines is 1. The van der Waals surface area contributed by atoms with Gasteiger partial charge in [-0.15, -0.1) is 0 Å². The van der Waals surface area contributed by atoms with Crippen molar-refractivity contribution in [3.63, 3.8) is 0 Å². The first-order chi connectivity index (χ1) is 12.6. The van der Waals surface area contributed by atoms with Crippen LogP contribution in [-0.4, -0.2) is 23.4 Å². The van der Waals surface area contributed by atoms with Crippen LogP contribution in [0.1, 0.15) is 25.0 Å². The zero-order valence-corrected chi connectivity index (χ0v) is 15.2. The van der Waals surface area contributed by atoms with Crippen molar-refractivity contribution in [2.45, 2.75) is 32.9 Å². The topological polar surface area (TPSA) is 47.3 Å². The fourth-order valence-corrected chi connectivity index (χ4v) is 3.21. The monoisotopic (exact) mass is 345 g/mol. The molecule has 0 aromatic heterocycles. The number of carbonyl (C=O) groups excluding carboxylic acids is 1. The number of hydrogen-bond donors (Lipinski definition) is 0. The average molecular weight is 345 g/mol. The van der Waals surface area contributed by atoms with Crippen molar-refractivity contribution in [1.82, 2.24) is 4.90 Å². The molecule has 0 spiro atoms. The molecule has 26 heavy (non-hydrogen) atoms. The minimum atomic E-state index is -0.226. The molecule has 1 aliphatic rings. The summed E-state index contributed by atoms with van der Waals surface area (Å²) in [7, 11) is 0. The van der Waals surface area contributed by atoms with Gasteiger partial charge in [-0.2, -0.15) is 5.26 Å². The van der Waals surface area contributed by atoms with E-state index >= 15 is 0 Å². The standard InChI is InChI=1S/C22H23N3O/c1-17(2)25(15-18-8-4-3-5-9-18)22(26)20(14-23)16-24-13-12-19-10-6-7-11-21(19)24/h3-11,16-17H,12-13,15H2,1-2H3/b20-16-. The Hall–Kier alpha value is -3.06. The highest BCUT2D eigenvalue weighted by atomic mass is 16.2. The van der Waals surface area contributed by atoms with E-state index in [2.05, 4.69) is 12.1 Å². The van der Waals surface area contributed by atoms with Crippen molar-refractivity contribution in [2.75, 3.05) is 11.4 Å². The number of amides is 1. The predicted octanol–water partition coefficient (Wildman–Crippen LogP) is 3.89. The zero-order valence-electron chi connectivity index (χ0n) is 15.2. The van der Waals surface area contributed by atoms with Gasteiger partial charge in [-0.3, -0.25) is 4.79 Å². The minimum Gasteiger partial charge on any atom is -0.346 e. The number of benzene rings is 2. The van der Waals surface area contributed by atoms with E-state index in [1.54, 1.807) is 11.1 Å². The molecule has 0 saturated heterocycles. The zero-order chi connectivity index (χ0) is 18.5. The molecule has 2 aromatic carbocycles. The van der Waals surface area contributed by atoms with Gasteiger partial charge in [0.25, 0.3) is 5.91 Å². The van der Waals surface area contributed by atoms with E-state index < -0.39 is 0 Å². The van der Waals surface area contributed by atoms with Crippen LogP contribution in [0.25, 0.3) is 0 Å². The summed E-state index contributed by atoms with van der Waals surface area (Å²) < 4.78 is 0. The number of nitriles is 1. The maximum Gasteiger partial charge on any atom is 0.266 e. The molecular formula is C22H23N3O. The molecule has 0 N–H and O–H groups in total. The first-order valence-corrected chi connectivity index (χ1v) is 8.91. The van der Waals surface area contributed by atoms with E-state index in [1.165, 1.54) is 5.56 Å². The molecule has 0 saturated carbocycles. The van der Waals surface area contributed by atoms with Gasteiger partial charge in [-0.25, -0.2) is 0 Å². The molecule has 132 valence electrons. The van der Waals surface area contributed by atoms with Crippen molar-refractivity contribution >= 4 is 11.6 Å². The average Bonchev–Trinajstić information content (AvgIpc) is 3.07. The summed E-state index contributed by atoms with van der Waals surface area (Å²) in [5.74, 6) is -0.226. The molecule has 0 atom stereocenters. The van der Waals surface area contributed by atoms with E-state index in [1.807, 2.05) is 67.3 Å². The van der Waals surface area contributed by atoms with Gasteiger partial charge in [0.1, 0.15) is 11.6 Å². The lowest BCUT2D eigenvalue weighted by Crippen LogP contribution is -2.37. The Bertz CT molecular complexity index is 849. The summed E-state index contributed by atoms with van der Waals surface area (Å²) in [5.41, 5.74) is 3.55. The largest absolute Gasteiger partial charge is 0.346 e. The molecule has 3 rings (SSSR count). The van der Waals surface area contributed by atoms with E-state index in [0.717, 1.165) is 24.2 Å². The van der Waals surface area contributed by atoms with Gasteiger partial charge >= 0.3 is 0 Å². The molecule has 1 amide bonds. The molecule has 0 fully saturated rings. The number of hydrogen-bond acceptors (Lipinski definition) is 3. The van der Waals surface area contributed by atoms with Crippen LogP contribution in [0.3, 0.4) is 0 Å². The third-order valence-electron chi connectivity index (χ3n) is 4.64. The van der Waals surface area contributed by atoms with Crippen LogP contribution in [0.4, 0.5) is 5.69 Å². The Labute approximate surface area is 155 Å². The second kappa shape index (κ2) is 7.88. The highest BCUT2D eigenvalue weighted by molar-refractivity contribution is 5.98. The maximum atomic E-state index is 13.0. The first-order valence-electron chi connectivity index (χ1n) is 8.91. The second-order valence-electron chi connectivity index (χ2n) is 6.74. The highest BCUT2D eigenvalue weighted by Crippen LogP contribution is 2.28. The Balaban J connectivity index is 1.84. The smallest absolute Gasteiger partial charge is 0.266 e. The summed E-state index contributed by atoms with van der Waals surface area (Å²) >= 11 is 0. The lowest BCUT2D eigenvalue weighted by Gasteiger charge is -2.27. The Morgan fingerprint density at radius 1 is 1.19 bits per heavy atom. The quantitative estimate of drug-likeness (QED) is 0.610. The van der Waals surface area contributed by atoms with Gasteiger partial charge < -0.3 is 9.80 Å². The third kappa shape index (κ3) is 3.78. The van der Waals surface area contributed by atoms with Crippen molar-refractivity contribution in [3.8, 4) is 6.07 Å². The van der Waals surface area contributed by atoms with Crippen LogP contribution in [0.2, 0.25) is 0 Å². The Morgan fingerprint density at radius 3 is 2.58 bits per heavy atom. The number of carbonyl (C=O) groups is 1. The van der Waals surface area contributed by atoms with Crippen LogP contribution >= 0.6 is 0 Å². The molecule has 1 aliphatic heterocycles. The summed E-state index contributed by atoms with van der Waals surface area (Å²) in [6, 6.07) is 20.1. The molecule has 0 unspecified atom stereocenters. The van der Waals surface area contributed by atoms with Gasteiger partial charge in [0.15, 0.2) is 0 Å². The van der Waals surface area contributed by atoms with Crippen LogP contribution < -0.4 is 4.90 Å². The minimum absolute atomic E-state index is 0.00493. The lowest BCUT2D eigenvalue weighted by molar-refractivity contribution is -0.129. The van der Waals surface area contributed by atoms with Crippen LogP contribution in [-0.2, 0) is 17.8 Å². The van der Waals surface area contributed by atoms with Crippen molar-refractivity contribution in [2.24, 2.45) is 0 Å². The van der Waals surface area contributed by atoms with Crippen molar-refractivity contribution in [1.29, 1.82) is 5.26 Å². The SMILES string of the molecule is CC(C)N(Cc1ccccc1)C(=O)/C(C#N)=C\N1CCc2ccccc21. The van der Waals surface area contributed by atoms with Crippen molar-refractivity contribution in [3.05, 3.63) is 77.5 Å². The molecule has 0 bridgehead atoms. The molecule has 1 heterocycles. The highest BCUT2D eigenvalue weighted by Gasteiger charge is 2.24. The van der Waals surface area contributed by atoms with E-state index in [-0.39, 0.29) is 17.5 Å². The van der Waals surface area contributed by atoms with Gasteiger partial charge in [0.2, 0.25) is 0 Å². The summed E-state index contributed by atoms with van der Waals surface area (Å²) in [6.07, 6.45) is 2.63. The van der Waals surface area contributed by atoms with Gasteiger partial charge in [0.05, 0.1) is 0 Å². The fourth-order valence-electron chi connectivity index (χ4n) is 3.21. The second-order valence-corrected chi connectivity index (χ2v) is 6.74. The molecule has 0 radical (unpaired) electrons. The maximum absolute atomic E-state index is 13.0. The van der Waals surface area contributed by atoms with Gasteiger partial charge in [-0.05, 0) is 37.5 Å². The van der Waals surface area contributed by atoms with Crippen LogP contribution in [0, 0.1) is 11.3 Å². The molecule has 4 heteroatoms. The first kappa shape index (κ1) is 17.8. The third-order valence-corrected chi connectivity index (χ3v) is 4.64. The summed E-state index contributed by atoms with van der Waals surface area (Å²) in [6.45, 7) is 5.23. The normalized spacial score (nSPS) is 13.5. The van der Waals surface area contributed by atoms with E-state index in [4.69, 9.17) is 0 Å². The number of para-hydroxylation sites is 1. The fraction of sp³-hybridized carbons (Fsp3) is 0.273. The molecular weight excluding hydrogens is 322 g/mol. The summed E-state index contributed by atoms with van der Waals surface area (Å²) in [5, 5.41) is 9.61. The van der Waals surface area contributed by atoms with Crippen LogP contribution in [0.15, 0.2) is 66.4 Å². The number of fused-ring (bicyclic) bond motifs is 1. The lowest BCUT2D eigenvalue weighted by atomic mass is 10.1. The molecule has 4 nitrogen and oxygen atoms in total. The Kier molecular flexibility index (Phi) is 5.38. The summed E-state index contributed by atoms with van der Waals surface area (Å²) in [4.78, 5) is 16.8. The van der Waals surface area contributed by atoms with E-state index in [0.29, 0.717) is 6.54 Å². The molecule has 2 aromatic rings. The van der Waals surface area contributed by atoms with Crippen molar-refractivity contribution < 1.29 is 4.79 Å². The van der Waals surface area contributed by atoms with Gasteiger partial charge in [-0.1, -0.05) is 48.5 Å².